The summed E-state index contributed by atoms with van der Waals surface area (Å²) in [5.41, 5.74) is -1.28. The fourth-order valence-electron chi connectivity index (χ4n) is 2.67. The minimum atomic E-state index is -0.924. The summed E-state index contributed by atoms with van der Waals surface area (Å²) in [7, 11) is -0.576. The molecule has 2 atom stereocenters. The molecule has 0 fully saturated rings. The van der Waals surface area contributed by atoms with Gasteiger partial charge < -0.3 is 9.47 Å². The van der Waals surface area contributed by atoms with Crippen LogP contribution in [0, 0.1) is 6.92 Å². The number of hydrogen-bond acceptors (Lipinski definition) is 8. The van der Waals surface area contributed by atoms with Gasteiger partial charge >= 0.3 is 20.3 Å². The Hall–Kier alpha value is -2.94. The third-order valence-electron chi connectivity index (χ3n) is 3.99. The van der Waals surface area contributed by atoms with Crippen LogP contribution in [-0.2, 0) is 29.9 Å². The van der Waals surface area contributed by atoms with E-state index in [0.29, 0.717) is 4.57 Å². The summed E-state index contributed by atoms with van der Waals surface area (Å²) in [6, 6.07) is 7.92. The number of ether oxygens (including phenoxy) is 2. The third kappa shape index (κ3) is 6.03. The van der Waals surface area contributed by atoms with Crippen molar-refractivity contribution in [3.05, 3.63) is 68.5 Å². The van der Waals surface area contributed by atoms with E-state index >= 15 is 0 Å². The smallest absolute Gasteiger partial charge is 0.338 e. The lowest BCUT2D eigenvalue weighted by atomic mass is 10.2. The first-order valence-electron chi connectivity index (χ1n) is 8.94. The molecule has 11 heteroatoms. The van der Waals surface area contributed by atoms with Gasteiger partial charge in [-0.25, -0.2) is 9.36 Å². The van der Waals surface area contributed by atoms with Crippen LogP contribution in [0.3, 0.4) is 0 Å². The Labute approximate surface area is 173 Å². The Morgan fingerprint density at radius 2 is 1.83 bits per heavy atom. The zero-order chi connectivity index (χ0) is 22.3. The van der Waals surface area contributed by atoms with Crippen molar-refractivity contribution in [2.45, 2.75) is 39.7 Å². The average molecular weight is 436 g/mol. The molecule has 0 saturated carbocycles. The van der Waals surface area contributed by atoms with Crippen LogP contribution >= 0.6 is 8.69 Å². The van der Waals surface area contributed by atoms with E-state index in [-0.39, 0.29) is 24.3 Å². The van der Waals surface area contributed by atoms with E-state index in [1.54, 1.807) is 18.2 Å². The molecule has 0 bridgehead atoms. The molecule has 160 valence electrons. The molecule has 1 heterocycles. The molecule has 10 nitrogen and oxygen atoms in total. The predicted octanol–water partition coefficient (Wildman–Crippen LogP) is 1.52. The topological polar surface area (TPSA) is 123 Å². The average Bonchev–Trinajstić information content (AvgIpc) is 2.70. The van der Waals surface area contributed by atoms with Gasteiger partial charge in [0.25, 0.3) is 11.5 Å². The zero-order valence-corrected chi connectivity index (χ0v) is 17.5. The van der Waals surface area contributed by atoms with E-state index in [2.05, 4.69) is 0 Å². The van der Waals surface area contributed by atoms with Gasteiger partial charge in [0.05, 0.1) is 13.2 Å². The van der Waals surface area contributed by atoms with Crippen LogP contribution in [-0.4, -0.2) is 40.0 Å². The lowest BCUT2D eigenvalue weighted by Gasteiger charge is -2.20. The molecule has 30 heavy (non-hydrogen) atoms. The van der Waals surface area contributed by atoms with Crippen molar-refractivity contribution in [1.82, 2.24) is 9.13 Å². The lowest BCUT2D eigenvalue weighted by Crippen LogP contribution is -2.46. The van der Waals surface area contributed by atoms with Crippen LogP contribution in [0.4, 0.5) is 0 Å². The highest BCUT2D eigenvalue weighted by Gasteiger charge is 2.21. The summed E-state index contributed by atoms with van der Waals surface area (Å²) in [6.45, 7) is 3.80. The maximum Gasteiger partial charge on any atom is 0.338 e. The molecule has 2 aromatic rings. The predicted molar refractivity (Wildman–Crippen MR) is 106 cm³/mol. The molecule has 0 radical (unpaired) electrons. The Balaban J connectivity index is 2.37. The van der Waals surface area contributed by atoms with Gasteiger partial charge in [-0.15, -0.1) is 0 Å². The van der Waals surface area contributed by atoms with Gasteiger partial charge in [0.2, 0.25) is 0 Å². The maximum atomic E-state index is 12.9. The highest BCUT2D eigenvalue weighted by molar-refractivity contribution is 7.17. The van der Waals surface area contributed by atoms with Crippen molar-refractivity contribution in [2.24, 2.45) is 0 Å². The van der Waals surface area contributed by atoms with E-state index in [0.717, 1.165) is 4.57 Å². The molecule has 2 rings (SSSR count). The Morgan fingerprint density at radius 1 is 1.17 bits per heavy atom. The third-order valence-corrected chi connectivity index (χ3v) is 4.37. The molecule has 1 aromatic carbocycles. The van der Waals surface area contributed by atoms with Crippen LogP contribution in [0.25, 0.3) is 0 Å². The van der Waals surface area contributed by atoms with Gasteiger partial charge in [-0.2, -0.15) is 4.57 Å². The Morgan fingerprint density at radius 3 is 2.43 bits per heavy atom. The second kappa shape index (κ2) is 10.7. The number of benzene rings is 1. The van der Waals surface area contributed by atoms with E-state index in [1.165, 1.54) is 39.1 Å². The minimum absolute atomic E-state index is 0.156. The molecule has 1 aromatic heterocycles. The van der Waals surface area contributed by atoms with Crippen LogP contribution in [0.2, 0.25) is 0 Å². The highest BCUT2D eigenvalue weighted by atomic mass is 31.1. The number of carbonyl (C=O) groups excluding carboxylic acids is 2. The first kappa shape index (κ1) is 23.3. The number of esters is 1. The number of nitrogens with zero attached hydrogens (tertiary/aromatic N) is 2. The summed E-state index contributed by atoms with van der Waals surface area (Å²) in [6.07, 6.45) is -0.493. The lowest BCUT2D eigenvalue weighted by molar-refractivity contribution is -0.156. The molecule has 0 aliphatic heterocycles. The molecule has 2 unspecified atom stereocenters. The van der Waals surface area contributed by atoms with Crippen LogP contribution in [0.5, 0.6) is 0 Å². The summed E-state index contributed by atoms with van der Waals surface area (Å²) >= 11 is 0. The molecular formula is C19H21N2O8P. The van der Waals surface area contributed by atoms with E-state index < -0.39 is 44.2 Å². The van der Waals surface area contributed by atoms with Crippen LogP contribution in [0.15, 0.2) is 46.1 Å². The SMILES string of the molecule is CC(=O)OC(COC(C)OP=O)Cn1cc(C)c(=O)n(C(=O)c2ccccc2)c1=O. The van der Waals surface area contributed by atoms with Gasteiger partial charge in [-0.3, -0.25) is 23.5 Å². The molecule has 0 aliphatic carbocycles. The van der Waals surface area contributed by atoms with Crippen molar-refractivity contribution >= 4 is 20.6 Å². The normalized spacial score (nSPS) is 13.0. The number of hydrogen-bond donors (Lipinski definition) is 0. The zero-order valence-electron chi connectivity index (χ0n) is 16.6. The van der Waals surface area contributed by atoms with Crippen LogP contribution < -0.4 is 11.2 Å². The summed E-state index contributed by atoms with van der Waals surface area (Å²) < 4.78 is 27.3. The van der Waals surface area contributed by atoms with Gasteiger partial charge in [0.15, 0.2) is 6.29 Å². The largest absolute Gasteiger partial charge is 0.458 e. The summed E-state index contributed by atoms with van der Waals surface area (Å²) in [4.78, 5) is 49.5. The summed E-state index contributed by atoms with van der Waals surface area (Å²) in [5.74, 6) is -1.38. The maximum absolute atomic E-state index is 12.9. The first-order valence-corrected chi connectivity index (χ1v) is 9.67. The second-order valence-corrected chi connectivity index (χ2v) is 6.73. The minimum Gasteiger partial charge on any atom is -0.458 e. The number of rotatable bonds is 9. The van der Waals surface area contributed by atoms with Gasteiger partial charge in [0, 0.05) is 24.2 Å². The van der Waals surface area contributed by atoms with Crippen molar-refractivity contribution in [1.29, 1.82) is 0 Å². The first-order chi connectivity index (χ1) is 14.2. The Bertz CT molecular complexity index is 1030. The molecule has 0 amide bonds. The molecular weight excluding hydrogens is 415 g/mol. The van der Waals surface area contributed by atoms with Gasteiger partial charge in [-0.1, -0.05) is 18.2 Å². The Kier molecular flexibility index (Phi) is 8.35. The fraction of sp³-hybridized carbons (Fsp3) is 0.368. The monoisotopic (exact) mass is 436 g/mol. The quantitative estimate of drug-likeness (QED) is 0.329. The van der Waals surface area contributed by atoms with Crippen molar-refractivity contribution in [3.8, 4) is 0 Å². The van der Waals surface area contributed by atoms with E-state index in [1.807, 2.05) is 0 Å². The fourth-order valence-corrected chi connectivity index (χ4v) is 2.85. The van der Waals surface area contributed by atoms with E-state index in [9.17, 15) is 23.7 Å². The number of aromatic nitrogens is 2. The van der Waals surface area contributed by atoms with Crippen LogP contribution in [0.1, 0.15) is 29.8 Å². The van der Waals surface area contributed by atoms with E-state index in [4.69, 9.17) is 14.0 Å². The number of aryl methyl sites for hydroxylation is 1. The molecule has 0 N–H and O–H groups in total. The highest BCUT2D eigenvalue weighted by Crippen LogP contribution is 2.07. The van der Waals surface area contributed by atoms with Gasteiger partial charge in [0.1, 0.15) is 6.10 Å². The second-order valence-electron chi connectivity index (χ2n) is 6.37. The van der Waals surface area contributed by atoms with Crippen molar-refractivity contribution < 1.29 is 28.2 Å². The summed E-state index contributed by atoms with van der Waals surface area (Å²) in [5, 5.41) is 0. The van der Waals surface area contributed by atoms with Gasteiger partial charge in [-0.05, 0) is 26.0 Å². The molecule has 0 saturated heterocycles. The molecule has 0 spiro atoms. The van der Waals surface area contributed by atoms with Crippen molar-refractivity contribution in [3.63, 3.8) is 0 Å². The number of carbonyl (C=O) groups is 2. The molecule has 0 aliphatic rings. The standard InChI is InChI=1S/C19H21N2O8P/c1-12-9-20(10-16(28-13(2)22)11-27-14(3)29-30-26)19(25)21(17(12)23)18(24)15-7-5-4-6-8-15/h4-9,14,16H,10-11H2,1-3H3. The van der Waals surface area contributed by atoms with Crippen molar-refractivity contribution in [2.75, 3.05) is 6.61 Å².